The van der Waals surface area contributed by atoms with Gasteiger partial charge >= 0.3 is 0 Å². The number of nitrogens with zero attached hydrogens (tertiary/aromatic N) is 1. The van der Waals surface area contributed by atoms with Crippen LogP contribution in [0.4, 0.5) is 0 Å². The number of hydrogen-bond acceptors (Lipinski definition) is 3. The van der Waals surface area contributed by atoms with Crippen molar-refractivity contribution in [2.45, 2.75) is 19.4 Å². The number of nitrogens with one attached hydrogen (secondary N) is 1. The van der Waals surface area contributed by atoms with Gasteiger partial charge in [0.05, 0.1) is 6.54 Å². The molecule has 0 fully saturated rings. The molecule has 0 saturated heterocycles. The smallest absolute Gasteiger partial charge is 0.152 e. The molecule has 0 spiro atoms. The predicted octanol–water partition coefficient (Wildman–Crippen LogP) is 1.75. The maximum Gasteiger partial charge on any atom is 0.152 e. The lowest BCUT2D eigenvalue weighted by Gasteiger charge is -2.28. The highest BCUT2D eigenvalue weighted by Gasteiger charge is 2.23. The van der Waals surface area contributed by atoms with Crippen LogP contribution in [0.5, 0.6) is 0 Å². The third-order valence-corrected chi connectivity index (χ3v) is 2.09. The molecule has 1 N–H and O–H groups in total. The van der Waals surface area contributed by atoms with Crippen LogP contribution < -0.4 is 5.48 Å². The minimum atomic E-state index is -0.210. The zero-order chi connectivity index (χ0) is 10.0. The summed E-state index contributed by atoms with van der Waals surface area (Å²) in [4.78, 5) is 9.88. The van der Waals surface area contributed by atoms with Crippen molar-refractivity contribution in [3.63, 3.8) is 0 Å². The highest BCUT2D eigenvalue weighted by Crippen LogP contribution is 2.13. The Balaban J connectivity index is 2.19. The zero-order valence-electron chi connectivity index (χ0n) is 8.45. The molecule has 0 aromatic heterocycles. The van der Waals surface area contributed by atoms with E-state index in [1.54, 1.807) is 0 Å². The van der Waals surface area contributed by atoms with Crippen LogP contribution in [0, 0.1) is 0 Å². The van der Waals surface area contributed by atoms with E-state index >= 15 is 0 Å². The van der Waals surface area contributed by atoms with E-state index in [9.17, 15) is 0 Å². The van der Waals surface area contributed by atoms with E-state index in [0.29, 0.717) is 6.54 Å². The molecule has 1 heterocycles. The minimum absolute atomic E-state index is 0.210. The lowest BCUT2D eigenvalue weighted by atomic mass is 10.1. The van der Waals surface area contributed by atoms with Crippen molar-refractivity contribution in [1.82, 2.24) is 5.48 Å². The molecular weight excluding hydrogens is 176 g/mol. The number of rotatable bonds is 1. The molecule has 0 saturated carbocycles. The van der Waals surface area contributed by atoms with E-state index in [-0.39, 0.29) is 5.60 Å². The normalized spacial score (nSPS) is 19.7. The fourth-order valence-corrected chi connectivity index (χ4v) is 1.27. The van der Waals surface area contributed by atoms with Gasteiger partial charge in [-0.3, -0.25) is 9.83 Å². The lowest BCUT2D eigenvalue weighted by Crippen LogP contribution is -2.43. The minimum Gasteiger partial charge on any atom is -0.267 e. The molecule has 14 heavy (non-hydrogen) atoms. The van der Waals surface area contributed by atoms with Gasteiger partial charge in [0.1, 0.15) is 5.60 Å². The van der Waals surface area contributed by atoms with Crippen molar-refractivity contribution in [2.24, 2.45) is 4.99 Å². The summed E-state index contributed by atoms with van der Waals surface area (Å²) in [5.41, 5.74) is 3.72. The van der Waals surface area contributed by atoms with E-state index in [1.807, 2.05) is 44.2 Å². The highest BCUT2D eigenvalue weighted by atomic mass is 16.7. The Morgan fingerprint density at radius 1 is 1.29 bits per heavy atom. The van der Waals surface area contributed by atoms with E-state index in [2.05, 4.69) is 10.5 Å². The van der Waals surface area contributed by atoms with Gasteiger partial charge in [0.2, 0.25) is 0 Å². The van der Waals surface area contributed by atoms with Crippen molar-refractivity contribution in [3.8, 4) is 0 Å². The first-order chi connectivity index (χ1) is 6.67. The van der Waals surface area contributed by atoms with Crippen LogP contribution in [0.3, 0.4) is 0 Å². The fourth-order valence-electron chi connectivity index (χ4n) is 1.27. The van der Waals surface area contributed by atoms with Gasteiger partial charge in [-0.05, 0) is 13.8 Å². The number of benzene rings is 1. The molecule has 0 atom stereocenters. The lowest BCUT2D eigenvalue weighted by molar-refractivity contribution is -0.0571. The van der Waals surface area contributed by atoms with Gasteiger partial charge < -0.3 is 0 Å². The number of hydrogen-bond donors (Lipinski definition) is 1. The molecule has 0 amide bonds. The Morgan fingerprint density at radius 3 is 2.57 bits per heavy atom. The Bertz CT molecular complexity index is 344. The summed E-state index contributed by atoms with van der Waals surface area (Å²) in [6.45, 7) is 4.70. The van der Waals surface area contributed by atoms with E-state index in [4.69, 9.17) is 4.84 Å². The second-order valence-electron chi connectivity index (χ2n) is 3.99. The standard InChI is InChI=1S/C11H14N2O/c1-11(2)8-12-10(13-14-11)9-6-4-3-5-7-9/h3-7H,8H2,1-2H3,(H,12,13). The third kappa shape index (κ3) is 1.93. The molecule has 74 valence electrons. The molecule has 3 nitrogen and oxygen atoms in total. The van der Waals surface area contributed by atoms with Crippen LogP contribution in [-0.4, -0.2) is 18.0 Å². The zero-order valence-corrected chi connectivity index (χ0v) is 8.45. The summed E-state index contributed by atoms with van der Waals surface area (Å²) >= 11 is 0. The summed E-state index contributed by atoms with van der Waals surface area (Å²) in [6.07, 6.45) is 0. The second-order valence-corrected chi connectivity index (χ2v) is 3.99. The van der Waals surface area contributed by atoms with Crippen LogP contribution in [0.25, 0.3) is 0 Å². The number of aliphatic imine (C=N–C) groups is 1. The summed E-state index contributed by atoms with van der Waals surface area (Å²) < 4.78 is 0. The van der Waals surface area contributed by atoms with Gasteiger partial charge in [0.15, 0.2) is 5.84 Å². The SMILES string of the molecule is CC1(C)CN=C(c2ccccc2)NO1. The Hall–Kier alpha value is -1.35. The predicted molar refractivity (Wildman–Crippen MR) is 56.1 cm³/mol. The van der Waals surface area contributed by atoms with Crippen LogP contribution in [-0.2, 0) is 4.84 Å². The van der Waals surface area contributed by atoms with E-state index < -0.39 is 0 Å². The van der Waals surface area contributed by atoms with Gasteiger partial charge in [-0.1, -0.05) is 30.3 Å². The summed E-state index contributed by atoms with van der Waals surface area (Å²) in [7, 11) is 0. The first-order valence-corrected chi connectivity index (χ1v) is 4.71. The van der Waals surface area contributed by atoms with E-state index in [0.717, 1.165) is 11.4 Å². The molecule has 1 aliphatic rings. The third-order valence-electron chi connectivity index (χ3n) is 2.09. The first kappa shape index (κ1) is 9.21. The quantitative estimate of drug-likeness (QED) is 0.732. The van der Waals surface area contributed by atoms with Crippen LogP contribution in [0.2, 0.25) is 0 Å². The van der Waals surface area contributed by atoms with Crippen molar-refractivity contribution >= 4 is 5.84 Å². The average Bonchev–Trinajstić information content (AvgIpc) is 2.19. The van der Waals surface area contributed by atoms with Gasteiger partial charge in [-0.2, -0.15) is 0 Å². The van der Waals surface area contributed by atoms with Crippen molar-refractivity contribution < 1.29 is 4.84 Å². The largest absolute Gasteiger partial charge is 0.267 e. The van der Waals surface area contributed by atoms with Gasteiger partial charge in [0.25, 0.3) is 0 Å². The molecule has 0 aliphatic carbocycles. The van der Waals surface area contributed by atoms with Crippen molar-refractivity contribution in [3.05, 3.63) is 35.9 Å². The molecule has 0 bridgehead atoms. The second kappa shape index (κ2) is 3.42. The fraction of sp³-hybridized carbons (Fsp3) is 0.364. The number of hydroxylamine groups is 1. The van der Waals surface area contributed by atoms with Gasteiger partial charge in [0, 0.05) is 5.56 Å². The topological polar surface area (TPSA) is 33.6 Å². The van der Waals surface area contributed by atoms with Crippen molar-refractivity contribution in [1.29, 1.82) is 0 Å². The van der Waals surface area contributed by atoms with Crippen LogP contribution >= 0.6 is 0 Å². The highest BCUT2D eigenvalue weighted by molar-refractivity contribution is 5.98. The van der Waals surface area contributed by atoms with Crippen LogP contribution in [0.15, 0.2) is 35.3 Å². The summed E-state index contributed by atoms with van der Waals surface area (Å²) in [5.74, 6) is 0.810. The summed E-state index contributed by atoms with van der Waals surface area (Å²) in [6, 6.07) is 9.97. The Labute approximate surface area is 83.8 Å². The van der Waals surface area contributed by atoms with Crippen molar-refractivity contribution in [2.75, 3.05) is 6.54 Å². The molecule has 1 aromatic carbocycles. The average molecular weight is 190 g/mol. The van der Waals surface area contributed by atoms with Gasteiger partial charge in [-0.25, -0.2) is 5.48 Å². The van der Waals surface area contributed by atoms with E-state index in [1.165, 1.54) is 0 Å². The maximum absolute atomic E-state index is 5.45. The number of amidine groups is 1. The molecular formula is C11H14N2O. The monoisotopic (exact) mass is 190 g/mol. The Morgan fingerprint density at radius 2 is 2.00 bits per heavy atom. The maximum atomic E-state index is 5.45. The van der Waals surface area contributed by atoms with Gasteiger partial charge in [-0.15, -0.1) is 0 Å². The molecule has 0 unspecified atom stereocenters. The molecule has 2 rings (SSSR count). The Kier molecular flexibility index (Phi) is 2.25. The molecule has 3 heteroatoms. The first-order valence-electron chi connectivity index (χ1n) is 4.71. The molecule has 1 aromatic rings. The molecule has 1 aliphatic heterocycles. The van der Waals surface area contributed by atoms with Crippen LogP contribution in [0.1, 0.15) is 19.4 Å². The molecule has 0 radical (unpaired) electrons. The summed E-state index contributed by atoms with van der Waals surface area (Å²) in [5, 5.41) is 0.